The first kappa shape index (κ1) is 23.3. The molecule has 0 N–H and O–H groups in total. The van der Waals surface area contributed by atoms with Gasteiger partial charge in [-0.1, -0.05) is 132 Å². The highest BCUT2D eigenvalue weighted by Crippen LogP contribution is 2.64. The summed E-state index contributed by atoms with van der Waals surface area (Å²) in [5, 5.41) is 0. The van der Waals surface area contributed by atoms with E-state index in [1.807, 2.05) is 0 Å². The molecule has 0 bridgehead atoms. The van der Waals surface area contributed by atoms with E-state index in [9.17, 15) is 0 Å². The molecule has 4 aromatic carbocycles. The minimum atomic E-state index is -0.288. The van der Waals surface area contributed by atoms with Gasteiger partial charge in [-0.3, -0.25) is 0 Å². The van der Waals surface area contributed by atoms with E-state index < -0.39 is 0 Å². The molecule has 0 heterocycles. The standard InChI is InChI=1S/C33H30Br2/c1-3-5-10-21(4-2)19-27-31(35)18-17-26-25-16-15-22(34)20-30(25)33(32(26)27)28-13-8-6-11-23(28)24-12-7-9-14-29(24)33/h6-9,11-18,20-21H,3-5,10,19H2,1-2H3. The minimum Gasteiger partial charge on any atom is -0.0654 e. The van der Waals surface area contributed by atoms with Crippen molar-refractivity contribution in [2.45, 2.75) is 51.4 Å². The highest BCUT2D eigenvalue weighted by atomic mass is 79.9. The molecule has 0 aromatic heterocycles. The third-order valence-electron chi connectivity index (χ3n) is 8.29. The smallest absolute Gasteiger partial charge is 0.0654 e. The van der Waals surface area contributed by atoms with Gasteiger partial charge in [0.25, 0.3) is 0 Å². The number of rotatable bonds is 6. The summed E-state index contributed by atoms with van der Waals surface area (Å²) in [6, 6.07) is 29.7. The van der Waals surface area contributed by atoms with E-state index in [0.29, 0.717) is 5.92 Å². The van der Waals surface area contributed by atoms with Crippen LogP contribution in [-0.4, -0.2) is 0 Å². The lowest BCUT2D eigenvalue weighted by Crippen LogP contribution is -2.28. The average molecular weight is 586 g/mol. The highest BCUT2D eigenvalue weighted by Gasteiger charge is 2.52. The molecule has 176 valence electrons. The number of fused-ring (bicyclic) bond motifs is 10. The van der Waals surface area contributed by atoms with Gasteiger partial charge >= 0.3 is 0 Å². The lowest BCUT2D eigenvalue weighted by atomic mass is 9.68. The summed E-state index contributed by atoms with van der Waals surface area (Å²) in [5.74, 6) is 0.692. The van der Waals surface area contributed by atoms with Crippen LogP contribution in [0, 0.1) is 5.92 Å². The van der Waals surface area contributed by atoms with Crippen molar-refractivity contribution < 1.29 is 0 Å². The zero-order valence-corrected chi connectivity index (χ0v) is 23.5. The second-order valence-electron chi connectivity index (χ2n) is 10.1. The predicted octanol–water partition coefficient (Wildman–Crippen LogP) is 10.3. The molecule has 0 saturated carbocycles. The van der Waals surface area contributed by atoms with Crippen molar-refractivity contribution in [3.63, 3.8) is 0 Å². The van der Waals surface area contributed by atoms with E-state index >= 15 is 0 Å². The number of unbranched alkanes of at least 4 members (excludes halogenated alkanes) is 1. The Morgan fingerprint density at radius 2 is 1.34 bits per heavy atom. The Morgan fingerprint density at radius 3 is 2.00 bits per heavy atom. The van der Waals surface area contributed by atoms with Crippen LogP contribution in [-0.2, 0) is 11.8 Å². The summed E-state index contributed by atoms with van der Waals surface area (Å²) < 4.78 is 2.39. The first-order chi connectivity index (χ1) is 17.1. The lowest BCUT2D eigenvalue weighted by molar-refractivity contribution is 0.446. The fourth-order valence-electron chi connectivity index (χ4n) is 6.70. The molecular weight excluding hydrogens is 556 g/mol. The molecule has 1 unspecified atom stereocenters. The topological polar surface area (TPSA) is 0 Å². The SMILES string of the molecule is CCCCC(CC)Cc1c(Br)ccc2c1C1(c3ccccc3-c3ccccc31)c1cc(Br)ccc1-2. The van der Waals surface area contributed by atoms with Crippen molar-refractivity contribution in [1.29, 1.82) is 0 Å². The van der Waals surface area contributed by atoms with Crippen molar-refractivity contribution in [2.75, 3.05) is 0 Å². The van der Waals surface area contributed by atoms with Crippen LogP contribution < -0.4 is 0 Å². The summed E-state index contributed by atoms with van der Waals surface area (Å²) in [7, 11) is 0. The predicted molar refractivity (Wildman–Crippen MR) is 155 cm³/mol. The van der Waals surface area contributed by atoms with Gasteiger partial charge in [0.1, 0.15) is 0 Å². The molecule has 0 aliphatic heterocycles. The second-order valence-corrected chi connectivity index (χ2v) is 11.9. The minimum absolute atomic E-state index is 0.288. The largest absolute Gasteiger partial charge is 0.0728 e. The van der Waals surface area contributed by atoms with Crippen LogP contribution in [0.15, 0.2) is 87.8 Å². The molecule has 2 heteroatoms. The normalized spacial score (nSPS) is 15.0. The van der Waals surface area contributed by atoms with Crippen LogP contribution in [0.3, 0.4) is 0 Å². The van der Waals surface area contributed by atoms with Crippen LogP contribution in [0.1, 0.15) is 67.3 Å². The van der Waals surface area contributed by atoms with Gasteiger partial charge in [-0.25, -0.2) is 0 Å². The van der Waals surface area contributed by atoms with E-state index in [2.05, 4.69) is 125 Å². The maximum Gasteiger partial charge on any atom is 0.0728 e. The zero-order chi connectivity index (χ0) is 24.2. The van der Waals surface area contributed by atoms with Gasteiger partial charge in [0.05, 0.1) is 5.41 Å². The molecule has 35 heavy (non-hydrogen) atoms. The van der Waals surface area contributed by atoms with Gasteiger partial charge in [-0.15, -0.1) is 0 Å². The van der Waals surface area contributed by atoms with Gasteiger partial charge in [-0.2, -0.15) is 0 Å². The lowest BCUT2D eigenvalue weighted by Gasteiger charge is -2.33. The molecule has 0 nitrogen and oxygen atoms in total. The summed E-state index contributed by atoms with van der Waals surface area (Å²) in [6.45, 7) is 4.66. The third-order valence-corrected chi connectivity index (χ3v) is 9.53. The third kappa shape index (κ3) is 3.36. The van der Waals surface area contributed by atoms with E-state index in [0.717, 1.165) is 10.9 Å². The Hall–Kier alpha value is -2.16. The van der Waals surface area contributed by atoms with Crippen LogP contribution >= 0.6 is 31.9 Å². The van der Waals surface area contributed by atoms with Crippen LogP contribution in [0.4, 0.5) is 0 Å². The van der Waals surface area contributed by atoms with Gasteiger partial charge in [-0.05, 0) is 80.6 Å². The highest BCUT2D eigenvalue weighted by molar-refractivity contribution is 9.10. The number of halogens is 2. The maximum absolute atomic E-state index is 4.04. The molecular formula is C33H30Br2. The second kappa shape index (κ2) is 9.05. The maximum atomic E-state index is 4.04. The fourth-order valence-corrected chi connectivity index (χ4v) is 7.55. The van der Waals surface area contributed by atoms with Gasteiger partial charge in [0, 0.05) is 8.95 Å². The summed E-state index contributed by atoms with van der Waals surface area (Å²) in [5.41, 5.74) is 12.4. The van der Waals surface area contributed by atoms with Crippen molar-refractivity contribution in [2.24, 2.45) is 5.92 Å². The number of benzene rings is 4. The molecule has 0 fully saturated rings. The molecule has 6 rings (SSSR count). The molecule has 4 aromatic rings. The van der Waals surface area contributed by atoms with Crippen LogP contribution in [0.2, 0.25) is 0 Å². The van der Waals surface area contributed by atoms with Gasteiger partial charge < -0.3 is 0 Å². The Labute approximate surface area is 226 Å². The molecule has 0 radical (unpaired) electrons. The molecule has 2 aliphatic carbocycles. The first-order valence-corrected chi connectivity index (χ1v) is 14.5. The van der Waals surface area contributed by atoms with E-state index in [1.165, 1.54) is 80.2 Å². The van der Waals surface area contributed by atoms with Crippen LogP contribution in [0.25, 0.3) is 22.3 Å². The Bertz CT molecular complexity index is 1390. The summed E-state index contributed by atoms with van der Waals surface area (Å²) in [4.78, 5) is 0. The van der Waals surface area contributed by atoms with E-state index in [4.69, 9.17) is 0 Å². The Kier molecular flexibility index (Phi) is 6.01. The molecule has 1 spiro atoms. The average Bonchev–Trinajstić information content (AvgIpc) is 3.34. The van der Waals surface area contributed by atoms with Crippen molar-refractivity contribution in [3.8, 4) is 22.3 Å². The van der Waals surface area contributed by atoms with Crippen LogP contribution in [0.5, 0.6) is 0 Å². The zero-order valence-electron chi connectivity index (χ0n) is 20.4. The fraction of sp³-hybridized carbons (Fsp3) is 0.273. The molecule has 2 aliphatic rings. The van der Waals surface area contributed by atoms with Crippen molar-refractivity contribution in [1.82, 2.24) is 0 Å². The number of hydrogen-bond donors (Lipinski definition) is 0. The quantitative estimate of drug-likeness (QED) is 0.182. The summed E-state index contributed by atoms with van der Waals surface area (Å²) >= 11 is 7.86. The molecule has 1 atom stereocenters. The Balaban J connectivity index is 1.71. The van der Waals surface area contributed by atoms with Crippen molar-refractivity contribution >= 4 is 31.9 Å². The van der Waals surface area contributed by atoms with Gasteiger partial charge in [0.15, 0.2) is 0 Å². The summed E-state index contributed by atoms with van der Waals surface area (Å²) in [6.07, 6.45) is 6.18. The number of hydrogen-bond acceptors (Lipinski definition) is 0. The first-order valence-electron chi connectivity index (χ1n) is 12.9. The Morgan fingerprint density at radius 1 is 0.714 bits per heavy atom. The molecule has 0 saturated heterocycles. The van der Waals surface area contributed by atoms with Crippen molar-refractivity contribution in [3.05, 3.63) is 116 Å². The van der Waals surface area contributed by atoms with E-state index in [-0.39, 0.29) is 5.41 Å². The molecule has 0 amide bonds. The monoisotopic (exact) mass is 584 g/mol. The van der Waals surface area contributed by atoms with Gasteiger partial charge in [0.2, 0.25) is 0 Å². The van der Waals surface area contributed by atoms with E-state index in [1.54, 1.807) is 0 Å².